The molecule has 70 valence electrons. The summed E-state index contributed by atoms with van der Waals surface area (Å²) in [5.41, 5.74) is 1.55. The lowest BCUT2D eigenvalue weighted by Gasteiger charge is -2.18. The lowest BCUT2D eigenvalue weighted by molar-refractivity contribution is 0.728. The molecule has 0 bridgehead atoms. The van der Waals surface area contributed by atoms with Gasteiger partial charge in [0.05, 0.1) is 0 Å². The number of hydrogen-bond acceptors (Lipinski definition) is 0. The Balaban J connectivity index is 0.000000845. The van der Waals surface area contributed by atoms with Crippen molar-refractivity contribution in [1.82, 2.24) is 0 Å². The molecule has 1 fully saturated rings. The minimum absolute atomic E-state index is 0. The van der Waals surface area contributed by atoms with Crippen LogP contribution in [0.5, 0.6) is 0 Å². The van der Waals surface area contributed by atoms with Crippen LogP contribution in [0.4, 0.5) is 4.70 Å². The van der Waals surface area contributed by atoms with E-state index >= 15 is 0 Å². The molecule has 0 amide bonds. The van der Waals surface area contributed by atoms with Crippen LogP contribution in [0.2, 0.25) is 12.6 Å². The summed E-state index contributed by atoms with van der Waals surface area (Å²) < 4.78 is 0. The fourth-order valence-corrected chi connectivity index (χ4v) is 2.16. The maximum atomic E-state index is 2.27. The first-order valence-corrected chi connectivity index (χ1v) is 5.02. The maximum Gasteiger partial charge on any atom is 0.175 e. The second-order valence-corrected chi connectivity index (χ2v) is 3.75. The first-order valence-electron chi connectivity index (χ1n) is 5.02. The highest BCUT2D eigenvalue weighted by molar-refractivity contribution is 6.73. The van der Waals surface area contributed by atoms with E-state index in [1.807, 2.05) is 0 Å². The zero-order chi connectivity index (χ0) is 8.23. The number of halogens is 1. The van der Waals surface area contributed by atoms with E-state index in [0.29, 0.717) is 0 Å². The van der Waals surface area contributed by atoms with Gasteiger partial charge in [-0.25, -0.2) is 0 Å². The van der Waals surface area contributed by atoms with E-state index in [9.17, 15) is 0 Å². The molecule has 0 N–H and O–H groups in total. The molecule has 1 aliphatic heterocycles. The number of hydrogen-bond donors (Lipinski definition) is 0. The Morgan fingerprint density at radius 2 is 1.46 bits per heavy atom. The molecule has 1 aromatic rings. The molecule has 0 atom stereocenters. The van der Waals surface area contributed by atoms with Crippen molar-refractivity contribution >= 4 is 12.2 Å². The predicted octanol–water partition coefficient (Wildman–Crippen LogP) is 2.72. The van der Waals surface area contributed by atoms with Gasteiger partial charge in [0.15, 0.2) is 6.71 Å². The quantitative estimate of drug-likeness (QED) is 0.580. The van der Waals surface area contributed by atoms with Gasteiger partial charge in [0.1, 0.15) is 0 Å². The Labute approximate surface area is 79.8 Å². The molecule has 1 aromatic carbocycles. The summed E-state index contributed by atoms with van der Waals surface area (Å²) >= 11 is 0. The van der Waals surface area contributed by atoms with Crippen LogP contribution in [0, 0.1) is 0 Å². The summed E-state index contributed by atoms with van der Waals surface area (Å²) in [6, 6.07) is 11.0. The molecule has 13 heavy (non-hydrogen) atoms. The van der Waals surface area contributed by atoms with Crippen LogP contribution in [-0.2, 0) is 0 Å². The zero-order valence-corrected chi connectivity index (χ0v) is 7.91. The Morgan fingerprint density at radius 3 is 2.08 bits per heavy atom. The van der Waals surface area contributed by atoms with Gasteiger partial charge in [-0.2, -0.15) is 0 Å². The van der Waals surface area contributed by atoms with Crippen LogP contribution in [0.15, 0.2) is 30.3 Å². The van der Waals surface area contributed by atoms with Gasteiger partial charge in [0.2, 0.25) is 0 Å². The topological polar surface area (TPSA) is 0 Å². The zero-order valence-electron chi connectivity index (χ0n) is 7.91. The Kier molecular flexibility index (Phi) is 4.00. The van der Waals surface area contributed by atoms with Crippen LogP contribution >= 0.6 is 0 Å². The van der Waals surface area contributed by atoms with Crippen molar-refractivity contribution in [3.8, 4) is 0 Å². The van der Waals surface area contributed by atoms with E-state index in [-0.39, 0.29) is 4.70 Å². The molecule has 1 saturated heterocycles. The highest BCUT2D eigenvalue weighted by Gasteiger charge is 2.18. The smallest absolute Gasteiger partial charge is 0.175 e. The molecular weight excluding hydrogens is 162 g/mol. The standard InChI is InChI=1S/C11H15B.FH/c1-3-7-11(8-4-1)12-9-5-2-6-10-12;/h1,3-4,7-8H,2,5-6,9-10H2;1H. The molecule has 0 spiro atoms. The Morgan fingerprint density at radius 1 is 0.846 bits per heavy atom. The summed E-state index contributed by atoms with van der Waals surface area (Å²) in [5, 5.41) is 0. The third-order valence-electron chi connectivity index (χ3n) is 2.88. The summed E-state index contributed by atoms with van der Waals surface area (Å²) in [6.07, 6.45) is 7.12. The van der Waals surface area contributed by atoms with Gasteiger partial charge in [-0.15, -0.1) is 0 Å². The van der Waals surface area contributed by atoms with Crippen LogP contribution in [0.1, 0.15) is 19.3 Å². The predicted molar refractivity (Wildman–Crippen MR) is 57.8 cm³/mol. The first-order chi connectivity index (χ1) is 5.97. The van der Waals surface area contributed by atoms with Crippen LogP contribution in [0.25, 0.3) is 0 Å². The molecule has 0 radical (unpaired) electrons. The molecule has 0 aliphatic carbocycles. The van der Waals surface area contributed by atoms with Gasteiger partial charge >= 0.3 is 0 Å². The third kappa shape index (κ3) is 2.58. The Bertz CT molecular complexity index is 229. The van der Waals surface area contributed by atoms with Crippen molar-refractivity contribution in [3.05, 3.63) is 30.3 Å². The van der Waals surface area contributed by atoms with Gasteiger partial charge in [-0.1, -0.05) is 67.7 Å². The SMILES string of the molecule is F.c1ccc(B2CCCCC2)cc1. The van der Waals surface area contributed by atoms with Gasteiger partial charge in [0, 0.05) is 0 Å². The summed E-state index contributed by atoms with van der Waals surface area (Å²) in [7, 11) is 0. The lowest BCUT2D eigenvalue weighted by atomic mass is 9.38. The molecule has 1 aliphatic rings. The van der Waals surface area contributed by atoms with Crippen LogP contribution in [-0.4, -0.2) is 6.71 Å². The minimum Gasteiger partial charge on any atom is -0.269 e. The lowest BCUT2D eigenvalue weighted by Crippen LogP contribution is -2.31. The van der Waals surface area contributed by atoms with Crippen molar-refractivity contribution in [3.63, 3.8) is 0 Å². The minimum atomic E-state index is 0. The average molecular weight is 178 g/mol. The first kappa shape index (κ1) is 10.3. The molecule has 1 heterocycles. The summed E-state index contributed by atoms with van der Waals surface area (Å²) in [5.74, 6) is 0. The van der Waals surface area contributed by atoms with Crippen molar-refractivity contribution in [2.75, 3.05) is 0 Å². The Hall–Kier alpha value is -0.785. The van der Waals surface area contributed by atoms with Crippen molar-refractivity contribution in [2.24, 2.45) is 0 Å². The second kappa shape index (κ2) is 5.06. The summed E-state index contributed by atoms with van der Waals surface area (Å²) in [4.78, 5) is 0. The van der Waals surface area contributed by atoms with E-state index in [1.54, 1.807) is 5.46 Å². The van der Waals surface area contributed by atoms with Crippen LogP contribution in [0.3, 0.4) is 0 Å². The fraction of sp³-hybridized carbons (Fsp3) is 0.455. The monoisotopic (exact) mass is 178 g/mol. The summed E-state index contributed by atoms with van der Waals surface area (Å²) in [6.45, 7) is 0.861. The van der Waals surface area contributed by atoms with E-state index in [2.05, 4.69) is 30.3 Å². The van der Waals surface area contributed by atoms with Crippen molar-refractivity contribution < 1.29 is 4.70 Å². The normalized spacial score (nSPS) is 16.5. The van der Waals surface area contributed by atoms with Crippen molar-refractivity contribution in [1.29, 1.82) is 0 Å². The van der Waals surface area contributed by atoms with Crippen molar-refractivity contribution in [2.45, 2.75) is 31.9 Å². The molecular formula is C11H16BF. The van der Waals surface area contributed by atoms with E-state index in [4.69, 9.17) is 0 Å². The number of rotatable bonds is 1. The highest BCUT2D eigenvalue weighted by atomic mass is 19.0. The number of benzene rings is 1. The molecule has 0 saturated carbocycles. The molecule has 2 rings (SSSR count). The average Bonchev–Trinajstić information content (AvgIpc) is 2.21. The van der Waals surface area contributed by atoms with Gasteiger partial charge in [0.25, 0.3) is 0 Å². The van der Waals surface area contributed by atoms with E-state index in [0.717, 1.165) is 6.71 Å². The second-order valence-electron chi connectivity index (χ2n) is 3.75. The molecule has 0 unspecified atom stereocenters. The highest BCUT2D eigenvalue weighted by Crippen LogP contribution is 2.18. The maximum absolute atomic E-state index is 2.27. The van der Waals surface area contributed by atoms with Gasteiger partial charge < -0.3 is 0 Å². The molecule has 2 heteroatoms. The molecule has 0 nitrogen and oxygen atoms in total. The van der Waals surface area contributed by atoms with E-state index < -0.39 is 0 Å². The fourth-order valence-electron chi connectivity index (χ4n) is 2.16. The third-order valence-corrected chi connectivity index (χ3v) is 2.88. The van der Waals surface area contributed by atoms with Gasteiger partial charge in [-0.3, -0.25) is 4.70 Å². The van der Waals surface area contributed by atoms with E-state index in [1.165, 1.54) is 31.9 Å². The van der Waals surface area contributed by atoms with Crippen LogP contribution < -0.4 is 5.46 Å². The van der Waals surface area contributed by atoms with Gasteiger partial charge in [-0.05, 0) is 0 Å². The largest absolute Gasteiger partial charge is 0.269 e. The molecule has 0 aromatic heterocycles.